The van der Waals surface area contributed by atoms with Crippen LogP contribution in [0.2, 0.25) is 0 Å². The average Bonchev–Trinajstić information content (AvgIpc) is 3.01. The van der Waals surface area contributed by atoms with Crippen LogP contribution in [0.1, 0.15) is 53.4 Å². The van der Waals surface area contributed by atoms with E-state index in [2.05, 4.69) is 27.7 Å². The summed E-state index contributed by atoms with van der Waals surface area (Å²) in [5, 5.41) is 2.04. The van der Waals surface area contributed by atoms with Crippen LogP contribution < -0.4 is 0 Å². The largest absolute Gasteiger partial charge is 0.487 e. The zero-order valence-electron chi connectivity index (χ0n) is 15.7. The summed E-state index contributed by atoms with van der Waals surface area (Å²) < 4.78 is 12.3. The van der Waals surface area contributed by atoms with Crippen molar-refractivity contribution in [2.45, 2.75) is 53.9 Å². The van der Waals surface area contributed by atoms with E-state index >= 15 is 0 Å². The first-order chi connectivity index (χ1) is 11.8. The molecule has 0 bridgehead atoms. The van der Waals surface area contributed by atoms with Crippen molar-refractivity contribution in [3.63, 3.8) is 0 Å². The Morgan fingerprint density at radius 1 is 0.960 bits per heavy atom. The topological polar surface area (TPSA) is 31.4 Å². The van der Waals surface area contributed by atoms with E-state index in [1.54, 1.807) is 11.3 Å². The Kier molecular flexibility index (Phi) is 6.88. The number of thiazole rings is 1. The number of benzene rings is 1. The number of nitrogens with zero attached hydrogens (tertiary/aromatic N) is 1. The van der Waals surface area contributed by atoms with Gasteiger partial charge in [-0.1, -0.05) is 0 Å². The van der Waals surface area contributed by atoms with Gasteiger partial charge in [-0.05, 0) is 88.2 Å². The van der Waals surface area contributed by atoms with Gasteiger partial charge in [-0.25, -0.2) is 4.98 Å². The smallest absolute Gasteiger partial charge is 0.170 e. The lowest BCUT2D eigenvalue weighted by atomic mass is 9.98. The van der Waals surface area contributed by atoms with E-state index in [-0.39, 0.29) is 5.92 Å². The van der Waals surface area contributed by atoms with Gasteiger partial charge in [0.05, 0.1) is 29.3 Å². The Bertz CT molecular complexity index is 766. The Morgan fingerprint density at radius 2 is 1.56 bits per heavy atom. The summed E-state index contributed by atoms with van der Waals surface area (Å²) in [6.07, 6.45) is 0.526. The Balaban J connectivity index is 2.53. The highest BCUT2D eigenvalue weighted by molar-refractivity contribution is 7.80. The zero-order chi connectivity index (χ0) is 18.7. The van der Waals surface area contributed by atoms with Gasteiger partial charge in [0, 0.05) is 6.42 Å². The minimum absolute atomic E-state index is 0.147. The molecule has 1 aromatic carbocycles. The highest BCUT2D eigenvalue weighted by Crippen LogP contribution is 2.37. The fourth-order valence-electron chi connectivity index (χ4n) is 2.81. The molecule has 136 valence electrons. The third-order valence-electron chi connectivity index (χ3n) is 4.57. The molecule has 2 rings (SSSR count). The monoisotopic (exact) mass is 395 g/mol. The second-order valence-electron chi connectivity index (χ2n) is 6.04. The normalized spacial score (nSPS) is 12.2. The maximum Gasteiger partial charge on any atom is 0.170 e. The van der Waals surface area contributed by atoms with Crippen molar-refractivity contribution in [3.8, 4) is 0 Å². The van der Waals surface area contributed by atoms with Gasteiger partial charge in [0.2, 0.25) is 0 Å². The first-order valence-electron chi connectivity index (χ1n) is 8.50. The molecule has 0 radical (unpaired) electrons. The highest BCUT2D eigenvalue weighted by Gasteiger charge is 2.26. The van der Waals surface area contributed by atoms with Crippen molar-refractivity contribution in [3.05, 3.63) is 27.3 Å². The predicted molar refractivity (Wildman–Crippen MR) is 114 cm³/mol. The molecular weight excluding hydrogens is 370 g/mol. The summed E-state index contributed by atoms with van der Waals surface area (Å²) >= 11 is 12.5. The minimum atomic E-state index is -0.147. The lowest BCUT2D eigenvalue weighted by Crippen LogP contribution is -2.18. The van der Waals surface area contributed by atoms with Crippen LogP contribution in [0.15, 0.2) is 0 Å². The maximum atomic E-state index is 5.62. The van der Waals surface area contributed by atoms with Crippen LogP contribution >= 0.6 is 35.8 Å². The van der Waals surface area contributed by atoms with E-state index in [1.807, 2.05) is 13.8 Å². The van der Waals surface area contributed by atoms with E-state index in [0.717, 1.165) is 10.5 Å². The van der Waals surface area contributed by atoms with Crippen molar-refractivity contribution in [1.29, 1.82) is 0 Å². The lowest BCUT2D eigenvalue weighted by Gasteiger charge is -2.16. The summed E-state index contributed by atoms with van der Waals surface area (Å²) in [6.45, 7) is 13.6. The molecule has 0 aliphatic heterocycles. The Hall–Kier alpha value is -1.11. The quantitative estimate of drug-likeness (QED) is 0.583. The second kappa shape index (κ2) is 8.52. The van der Waals surface area contributed by atoms with Crippen molar-refractivity contribution in [2.24, 2.45) is 0 Å². The molecule has 0 saturated carbocycles. The van der Waals surface area contributed by atoms with Gasteiger partial charge in [-0.3, -0.25) is 0 Å². The summed E-state index contributed by atoms with van der Waals surface area (Å²) in [4.78, 5) is 4.93. The maximum absolute atomic E-state index is 5.62. The molecule has 0 N–H and O–H groups in total. The predicted octanol–water partition coefficient (Wildman–Crippen LogP) is 5.73. The SMILES string of the molecule is CCOC(=S)CC(C(=S)OCC)c1nc2c(C)c(C)c(C)c(C)c2s1. The van der Waals surface area contributed by atoms with E-state index in [1.165, 1.54) is 27.0 Å². The average molecular weight is 396 g/mol. The molecule has 1 atom stereocenters. The van der Waals surface area contributed by atoms with Crippen LogP contribution in [0.5, 0.6) is 0 Å². The molecule has 0 fully saturated rings. The third-order valence-corrected chi connectivity index (χ3v) is 6.55. The molecule has 1 aromatic heterocycles. The molecule has 1 unspecified atom stereocenters. The fourth-order valence-corrected chi connectivity index (χ4v) is 4.76. The van der Waals surface area contributed by atoms with Gasteiger partial charge < -0.3 is 9.47 Å². The number of fused-ring (bicyclic) bond motifs is 1. The molecule has 6 heteroatoms. The molecule has 0 aliphatic carbocycles. The van der Waals surface area contributed by atoms with Gasteiger partial charge >= 0.3 is 0 Å². The number of ether oxygens (including phenoxy) is 2. The zero-order valence-corrected chi connectivity index (χ0v) is 18.1. The summed E-state index contributed by atoms with van der Waals surface area (Å²) in [5.74, 6) is -0.147. The van der Waals surface area contributed by atoms with E-state index in [4.69, 9.17) is 38.9 Å². The van der Waals surface area contributed by atoms with Crippen LogP contribution in [-0.4, -0.2) is 28.3 Å². The molecule has 0 spiro atoms. The van der Waals surface area contributed by atoms with Crippen molar-refractivity contribution in [2.75, 3.05) is 13.2 Å². The first kappa shape index (κ1) is 20.2. The van der Waals surface area contributed by atoms with Gasteiger partial charge in [-0.2, -0.15) is 0 Å². The number of hydrogen-bond donors (Lipinski definition) is 0. The Morgan fingerprint density at radius 3 is 2.16 bits per heavy atom. The van der Waals surface area contributed by atoms with Crippen molar-refractivity contribution in [1.82, 2.24) is 4.98 Å². The van der Waals surface area contributed by atoms with Crippen LogP contribution in [0.3, 0.4) is 0 Å². The van der Waals surface area contributed by atoms with E-state index in [9.17, 15) is 0 Å². The van der Waals surface area contributed by atoms with Crippen LogP contribution in [-0.2, 0) is 9.47 Å². The summed E-state index contributed by atoms with van der Waals surface area (Å²) in [7, 11) is 0. The third kappa shape index (κ3) is 4.18. The molecule has 0 saturated heterocycles. The van der Waals surface area contributed by atoms with Crippen molar-refractivity contribution >= 4 is 56.1 Å². The molecule has 25 heavy (non-hydrogen) atoms. The second-order valence-corrected chi connectivity index (χ2v) is 7.93. The molecule has 2 aromatic rings. The minimum Gasteiger partial charge on any atom is -0.487 e. The number of rotatable bonds is 6. The molecule has 1 heterocycles. The number of thiocarbonyl (C=S) groups is 2. The number of hydrogen-bond acceptors (Lipinski definition) is 6. The Labute approximate surface area is 164 Å². The van der Waals surface area contributed by atoms with Gasteiger partial charge in [0.25, 0.3) is 0 Å². The molecule has 0 amide bonds. The molecule has 3 nitrogen and oxygen atoms in total. The standard InChI is InChI=1S/C19H25NO2S3/c1-7-21-15(23)9-14(19(24)22-8-2)18-20-16-12(5)10(3)11(4)13(6)17(16)25-18/h14H,7-9H2,1-6H3. The van der Waals surface area contributed by atoms with Crippen LogP contribution in [0.4, 0.5) is 0 Å². The van der Waals surface area contributed by atoms with Crippen LogP contribution in [0.25, 0.3) is 10.2 Å². The van der Waals surface area contributed by atoms with Gasteiger partial charge in [0.1, 0.15) is 5.01 Å². The van der Waals surface area contributed by atoms with Crippen molar-refractivity contribution < 1.29 is 9.47 Å². The van der Waals surface area contributed by atoms with Gasteiger partial charge in [-0.15, -0.1) is 11.3 Å². The summed E-state index contributed by atoms with van der Waals surface area (Å²) in [6, 6.07) is 0. The van der Waals surface area contributed by atoms with Crippen LogP contribution in [0, 0.1) is 27.7 Å². The van der Waals surface area contributed by atoms with E-state index in [0.29, 0.717) is 29.7 Å². The molecular formula is C19H25NO2S3. The molecule has 0 aliphatic rings. The lowest BCUT2D eigenvalue weighted by molar-refractivity contribution is 0.310. The highest BCUT2D eigenvalue weighted by atomic mass is 32.1. The fraction of sp³-hybridized carbons (Fsp3) is 0.526. The number of aryl methyl sites for hydroxylation is 2. The number of aromatic nitrogens is 1. The van der Waals surface area contributed by atoms with E-state index < -0.39 is 0 Å². The summed E-state index contributed by atoms with van der Waals surface area (Å²) in [5.41, 5.74) is 6.21. The van der Waals surface area contributed by atoms with Gasteiger partial charge in [0.15, 0.2) is 10.1 Å². The first-order valence-corrected chi connectivity index (χ1v) is 10.1.